The van der Waals surface area contributed by atoms with Gasteiger partial charge in [-0.3, -0.25) is 0 Å². The van der Waals surface area contributed by atoms with Crippen LogP contribution in [0.2, 0.25) is 0 Å². The Labute approximate surface area is 143 Å². The molecule has 0 fully saturated rings. The van der Waals surface area contributed by atoms with Crippen molar-refractivity contribution in [2.24, 2.45) is 4.99 Å². The van der Waals surface area contributed by atoms with Gasteiger partial charge in [0.15, 0.2) is 5.96 Å². The second-order valence-electron chi connectivity index (χ2n) is 5.56. The van der Waals surface area contributed by atoms with Crippen LogP contribution < -0.4 is 10.6 Å². The summed E-state index contributed by atoms with van der Waals surface area (Å²) in [4.78, 5) is 9.26. The molecular formula is C18H26N4S. The standard InChI is InChI=1S/C18H26N4S/c1-5-17-22-16(12-23-17)11-21-18(19-6-2)20-10-15-8-7-13(3)9-14(15)4/h7-9,12H,5-6,10-11H2,1-4H3,(H2,19,20,21). The van der Waals surface area contributed by atoms with Crippen LogP contribution in [0.5, 0.6) is 0 Å². The molecule has 0 bridgehead atoms. The molecular weight excluding hydrogens is 304 g/mol. The molecule has 0 radical (unpaired) electrons. The number of aromatic nitrogens is 1. The highest BCUT2D eigenvalue weighted by molar-refractivity contribution is 7.09. The van der Waals surface area contributed by atoms with Gasteiger partial charge in [0.05, 0.1) is 23.8 Å². The van der Waals surface area contributed by atoms with E-state index in [1.54, 1.807) is 11.3 Å². The minimum absolute atomic E-state index is 0.679. The van der Waals surface area contributed by atoms with Gasteiger partial charge in [0.25, 0.3) is 0 Å². The summed E-state index contributed by atoms with van der Waals surface area (Å²) in [5.74, 6) is 0.832. The summed E-state index contributed by atoms with van der Waals surface area (Å²) in [6.07, 6.45) is 0.992. The third-order valence-corrected chi connectivity index (χ3v) is 4.63. The van der Waals surface area contributed by atoms with Gasteiger partial charge in [0.2, 0.25) is 0 Å². The number of benzene rings is 1. The van der Waals surface area contributed by atoms with E-state index < -0.39 is 0 Å². The van der Waals surface area contributed by atoms with E-state index >= 15 is 0 Å². The van der Waals surface area contributed by atoms with E-state index in [2.05, 4.69) is 71.9 Å². The quantitative estimate of drug-likeness (QED) is 0.629. The fourth-order valence-electron chi connectivity index (χ4n) is 2.30. The van der Waals surface area contributed by atoms with Crippen molar-refractivity contribution in [3.05, 3.63) is 51.0 Å². The van der Waals surface area contributed by atoms with E-state index in [9.17, 15) is 0 Å². The molecule has 1 heterocycles. The first-order valence-corrected chi connectivity index (χ1v) is 9.02. The Kier molecular flexibility index (Phi) is 6.59. The number of aryl methyl sites for hydroxylation is 3. The Bertz CT molecular complexity index is 661. The van der Waals surface area contributed by atoms with Crippen molar-refractivity contribution in [3.8, 4) is 0 Å². The smallest absolute Gasteiger partial charge is 0.191 e. The number of thiazole rings is 1. The van der Waals surface area contributed by atoms with Crippen LogP contribution in [-0.2, 0) is 19.5 Å². The Morgan fingerprint density at radius 2 is 2.04 bits per heavy atom. The van der Waals surface area contributed by atoms with Gasteiger partial charge in [-0.15, -0.1) is 11.3 Å². The van der Waals surface area contributed by atoms with Crippen LogP contribution >= 0.6 is 11.3 Å². The molecule has 0 spiro atoms. The average Bonchev–Trinajstić information content (AvgIpc) is 2.99. The molecule has 23 heavy (non-hydrogen) atoms. The van der Waals surface area contributed by atoms with Crippen molar-refractivity contribution < 1.29 is 0 Å². The van der Waals surface area contributed by atoms with Gasteiger partial charge in [-0.1, -0.05) is 30.7 Å². The molecule has 0 aliphatic heterocycles. The number of nitrogens with zero attached hydrogens (tertiary/aromatic N) is 2. The van der Waals surface area contributed by atoms with Crippen LogP contribution in [0.1, 0.15) is 41.2 Å². The summed E-state index contributed by atoms with van der Waals surface area (Å²) in [6.45, 7) is 10.7. The lowest BCUT2D eigenvalue weighted by Crippen LogP contribution is -2.36. The van der Waals surface area contributed by atoms with Gasteiger partial charge in [0.1, 0.15) is 0 Å². The van der Waals surface area contributed by atoms with Crippen molar-refractivity contribution in [2.75, 3.05) is 6.54 Å². The van der Waals surface area contributed by atoms with Crippen LogP contribution in [0.4, 0.5) is 0 Å². The Hall–Kier alpha value is -1.88. The highest BCUT2D eigenvalue weighted by Crippen LogP contribution is 2.12. The molecule has 2 aromatic rings. The molecule has 1 aromatic carbocycles. The molecule has 0 unspecified atom stereocenters. The van der Waals surface area contributed by atoms with Gasteiger partial charge >= 0.3 is 0 Å². The van der Waals surface area contributed by atoms with E-state index in [0.717, 1.165) is 24.6 Å². The maximum Gasteiger partial charge on any atom is 0.191 e. The second-order valence-corrected chi connectivity index (χ2v) is 6.51. The SMILES string of the molecule is CCNC(=NCc1ccc(C)cc1C)NCc1csc(CC)n1. The van der Waals surface area contributed by atoms with Crippen molar-refractivity contribution in [3.63, 3.8) is 0 Å². The summed E-state index contributed by atoms with van der Waals surface area (Å²) in [7, 11) is 0. The molecule has 124 valence electrons. The fourth-order valence-corrected chi connectivity index (χ4v) is 3.04. The maximum absolute atomic E-state index is 4.69. The molecule has 4 nitrogen and oxygen atoms in total. The third-order valence-electron chi connectivity index (χ3n) is 3.59. The van der Waals surface area contributed by atoms with Crippen molar-refractivity contribution in [1.82, 2.24) is 15.6 Å². The lowest BCUT2D eigenvalue weighted by atomic mass is 10.1. The number of rotatable bonds is 6. The lowest BCUT2D eigenvalue weighted by Gasteiger charge is -2.11. The number of nitrogens with one attached hydrogen (secondary N) is 2. The summed E-state index contributed by atoms with van der Waals surface area (Å²) in [5.41, 5.74) is 4.91. The largest absolute Gasteiger partial charge is 0.357 e. The molecule has 0 aliphatic carbocycles. The van der Waals surface area contributed by atoms with Crippen LogP contribution in [0.3, 0.4) is 0 Å². The minimum Gasteiger partial charge on any atom is -0.357 e. The molecule has 5 heteroatoms. The summed E-state index contributed by atoms with van der Waals surface area (Å²) in [5, 5.41) is 9.94. The molecule has 1 aromatic heterocycles. The molecule has 2 rings (SSSR count). The minimum atomic E-state index is 0.679. The second kappa shape index (κ2) is 8.67. The van der Waals surface area contributed by atoms with Crippen LogP contribution in [0, 0.1) is 13.8 Å². The summed E-state index contributed by atoms with van der Waals surface area (Å²) >= 11 is 1.72. The topological polar surface area (TPSA) is 49.3 Å². The van der Waals surface area contributed by atoms with E-state index in [1.165, 1.54) is 21.7 Å². The molecule has 0 aliphatic rings. The number of aliphatic imine (C=N–C) groups is 1. The monoisotopic (exact) mass is 330 g/mol. The average molecular weight is 331 g/mol. The zero-order chi connectivity index (χ0) is 16.7. The van der Waals surface area contributed by atoms with E-state index in [-0.39, 0.29) is 0 Å². The predicted molar refractivity (Wildman–Crippen MR) is 99.1 cm³/mol. The first-order chi connectivity index (χ1) is 11.1. The highest BCUT2D eigenvalue weighted by atomic mass is 32.1. The maximum atomic E-state index is 4.69. The Morgan fingerprint density at radius 1 is 1.22 bits per heavy atom. The molecule has 0 amide bonds. The molecule has 0 saturated heterocycles. The van der Waals surface area contributed by atoms with E-state index in [4.69, 9.17) is 0 Å². The van der Waals surface area contributed by atoms with Crippen molar-refractivity contribution >= 4 is 17.3 Å². The Morgan fingerprint density at radius 3 is 2.70 bits per heavy atom. The summed E-state index contributed by atoms with van der Waals surface area (Å²) in [6, 6.07) is 6.50. The lowest BCUT2D eigenvalue weighted by molar-refractivity contribution is 0.799. The van der Waals surface area contributed by atoms with Crippen molar-refractivity contribution in [1.29, 1.82) is 0 Å². The third kappa shape index (κ3) is 5.36. The highest BCUT2D eigenvalue weighted by Gasteiger charge is 2.03. The number of hydrogen-bond acceptors (Lipinski definition) is 3. The van der Waals surface area contributed by atoms with E-state index in [1.807, 2.05) is 0 Å². The van der Waals surface area contributed by atoms with Gasteiger partial charge in [-0.2, -0.15) is 0 Å². The molecule has 0 atom stereocenters. The summed E-state index contributed by atoms with van der Waals surface area (Å²) < 4.78 is 0. The van der Waals surface area contributed by atoms with Crippen LogP contribution in [0.15, 0.2) is 28.6 Å². The van der Waals surface area contributed by atoms with Gasteiger partial charge in [-0.25, -0.2) is 9.98 Å². The number of hydrogen-bond donors (Lipinski definition) is 2. The normalized spacial score (nSPS) is 11.6. The zero-order valence-corrected chi connectivity index (χ0v) is 15.3. The molecule has 2 N–H and O–H groups in total. The Balaban J connectivity index is 1.98. The first kappa shape index (κ1) is 17.5. The fraction of sp³-hybridized carbons (Fsp3) is 0.444. The zero-order valence-electron chi connectivity index (χ0n) is 14.4. The van der Waals surface area contributed by atoms with Crippen molar-refractivity contribution in [2.45, 2.75) is 47.2 Å². The van der Waals surface area contributed by atoms with Crippen LogP contribution in [0.25, 0.3) is 0 Å². The van der Waals surface area contributed by atoms with Crippen LogP contribution in [-0.4, -0.2) is 17.5 Å². The van der Waals surface area contributed by atoms with E-state index in [0.29, 0.717) is 13.1 Å². The molecule has 0 saturated carbocycles. The van der Waals surface area contributed by atoms with Gasteiger partial charge in [-0.05, 0) is 38.3 Å². The predicted octanol–water partition coefficient (Wildman–Crippen LogP) is 3.58. The first-order valence-electron chi connectivity index (χ1n) is 8.14. The number of guanidine groups is 1. The van der Waals surface area contributed by atoms with Gasteiger partial charge in [0, 0.05) is 11.9 Å². The van der Waals surface area contributed by atoms with Gasteiger partial charge < -0.3 is 10.6 Å².